The first-order valence-corrected chi connectivity index (χ1v) is 7.81. The summed E-state index contributed by atoms with van der Waals surface area (Å²) in [6, 6.07) is 8.51. The third kappa shape index (κ3) is 3.17. The summed E-state index contributed by atoms with van der Waals surface area (Å²) in [6.45, 7) is 0. The first kappa shape index (κ1) is 12.8. The molecule has 2 atom stereocenters. The van der Waals surface area contributed by atoms with E-state index < -0.39 is 0 Å². The molecule has 0 spiro atoms. The second-order valence-electron chi connectivity index (χ2n) is 4.30. The quantitative estimate of drug-likeness (QED) is 0.916. The van der Waals surface area contributed by atoms with Crippen LogP contribution in [-0.4, -0.2) is 17.5 Å². The van der Waals surface area contributed by atoms with Gasteiger partial charge in [0, 0.05) is 21.5 Å². The van der Waals surface area contributed by atoms with Crippen LogP contribution in [0, 0.1) is 11.3 Å². The lowest BCUT2D eigenvalue weighted by Gasteiger charge is -2.20. The van der Waals surface area contributed by atoms with Gasteiger partial charge >= 0.3 is 0 Å². The van der Waals surface area contributed by atoms with Crippen molar-refractivity contribution >= 4 is 33.4 Å². The minimum atomic E-state index is 0.533. The molecule has 1 aliphatic rings. The van der Waals surface area contributed by atoms with E-state index in [9.17, 15) is 0 Å². The number of nitrogens with zero attached hydrogens (tertiary/aromatic N) is 1. The van der Waals surface area contributed by atoms with Crippen molar-refractivity contribution in [1.82, 2.24) is 0 Å². The van der Waals surface area contributed by atoms with Gasteiger partial charge in [-0.1, -0.05) is 22.4 Å². The van der Waals surface area contributed by atoms with Crippen molar-refractivity contribution in [3.8, 4) is 6.07 Å². The number of anilines is 1. The smallest absolute Gasteiger partial charge is 0.0992 e. The van der Waals surface area contributed by atoms with Crippen molar-refractivity contribution in [2.45, 2.75) is 30.6 Å². The highest BCUT2D eigenvalue weighted by Gasteiger charge is 2.26. The van der Waals surface area contributed by atoms with Gasteiger partial charge in [0.1, 0.15) is 0 Å². The SMILES string of the molecule is CSC1CCCC1Nc1cc(Br)cc(C#N)c1. The lowest BCUT2D eigenvalue weighted by atomic mass is 10.2. The maximum atomic E-state index is 8.94. The second-order valence-corrected chi connectivity index (χ2v) is 6.29. The maximum Gasteiger partial charge on any atom is 0.0992 e. The van der Waals surface area contributed by atoms with Crippen LogP contribution in [-0.2, 0) is 0 Å². The Hall–Kier alpha value is -0.660. The highest BCUT2D eigenvalue weighted by molar-refractivity contribution is 9.10. The summed E-state index contributed by atoms with van der Waals surface area (Å²) in [5.74, 6) is 0. The fraction of sp³-hybridized carbons (Fsp3) is 0.462. The zero-order valence-electron chi connectivity index (χ0n) is 9.74. The number of nitriles is 1. The summed E-state index contributed by atoms with van der Waals surface area (Å²) in [5, 5.41) is 13.2. The molecule has 17 heavy (non-hydrogen) atoms. The predicted octanol–water partition coefficient (Wildman–Crippen LogP) is 4.02. The zero-order valence-corrected chi connectivity index (χ0v) is 12.1. The van der Waals surface area contributed by atoms with Gasteiger partial charge in [-0.25, -0.2) is 0 Å². The van der Waals surface area contributed by atoms with Gasteiger partial charge < -0.3 is 5.32 Å². The van der Waals surface area contributed by atoms with E-state index in [-0.39, 0.29) is 0 Å². The van der Waals surface area contributed by atoms with E-state index in [2.05, 4.69) is 33.6 Å². The molecule has 0 radical (unpaired) electrons. The minimum absolute atomic E-state index is 0.533. The van der Waals surface area contributed by atoms with Crippen LogP contribution >= 0.6 is 27.7 Å². The largest absolute Gasteiger partial charge is 0.381 e. The molecule has 1 saturated carbocycles. The number of nitrogens with one attached hydrogen (secondary N) is 1. The van der Waals surface area contributed by atoms with Crippen LogP contribution in [0.1, 0.15) is 24.8 Å². The van der Waals surface area contributed by atoms with E-state index in [1.807, 2.05) is 30.0 Å². The van der Waals surface area contributed by atoms with Crippen molar-refractivity contribution < 1.29 is 0 Å². The summed E-state index contributed by atoms with van der Waals surface area (Å²) in [5.41, 5.74) is 1.74. The average molecular weight is 311 g/mol. The Kier molecular flexibility index (Phi) is 4.36. The molecule has 0 heterocycles. The molecule has 2 nitrogen and oxygen atoms in total. The van der Waals surface area contributed by atoms with E-state index in [1.54, 1.807) is 0 Å². The van der Waals surface area contributed by atoms with Crippen molar-refractivity contribution in [1.29, 1.82) is 5.26 Å². The molecule has 0 amide bonds. The van der Waals surface area contributed by atoms with Crippen LogP contribution in [0.15, 0.2) is 22.7 Å². The number of hydrogen-bond acceptors (Lipinski definition) is 3. The summed E-state index contributed by atoms with van der Waals surface area (Å²) in [7, 11) is 0. The van der Waals surface area contributed by atoms with Crippen molar-refractivity contribution in [3.05, 3.63) is 28.2 Å². The first-order valence-electron chi connectivity index (χ1n) is 5.73. The third-order valence-corrected chi connectivity index (χ3v) is 4.76. The molecule has 1 aromatic rings. The van der Waals surface area contributed by atoms with Gasteiger partial charge in [0.05, 0.1) is 11.6 Å². The van der Waals surface area contributed by atoms with E-state index >= 15 is 0 Å². The summed E-state index contributed by atoms with van der Waals surface area (Å²) in [4.78, 5) is 0. The molecule has 0 saturated heterocycles. The van der Waals surface area contributed by atoms with E-state index in [4.69, 9.17) is 5.26 Å². The van der Waals surface area contributed by atoms with E-state index in [1.165, 1.54) is 19.3 Å². The van der Waals surface area contributed by atoms with Crippen molar-refractivity contribution in [3.63, 3.8) is 0 Å². The number of rotatable bonds is 3. The number of benzene rings is 1. The maximum absolute atomic E-state index is 8.94. The standard InChI is InChI=1S/C13H15BrN2S/c1-17-13-4-2-3-12(13)16-11-6-9(8-15)5-10(14)7-11/h5-7,12-13,16H,2-4H2,1H3. The molecule has 2 rings (SSSR count). The Morgan fingerprint density at radius 2 is 2.24 bits per heavy atom. The van der Waals surface area contributed by atoms with Crippen LogP contribution in [0.4, 0.5) is 5.69 Å². The molecule has 2 unspecified atom stereocenters. The monoisotopic (exact) mass is 310 g/mol. The van der Waals surface area contributed by atoms with E-state index in [0.717, 1.165) is 10.2 Å². The molecule has 4 heteroatoms. The minimum Gasteiger partial charge on any atom is -0.381 e. The molecule has 1 fully saturated rings. The fourth-order valence-corrected chi connectivity index (χ4v) is 3.75. The van der Waals surface area contributed by atoms with Crippen LogP contribution < -0.4 is 5.32 Å². The highest BCUT2D eigenvalue weighted by Crippen LogP contribution is 2.31. The Morgan fingerprint density at radius 3 is 2.94 bits per heavy atom. The van der Waals surface area contributed by atoms with Crippen LogP contribution in [0.25, 0.3) is 0 Å². The van der Waals surface area contributed by atoms with Crippen LogP contribution in [0.2, 0.25) is 0 Å². The van der Waals surface area contributed by atoms with Crippen molar-refractivity contribution in [2.24, 2.45) is 0 Å². The zero-order chi connectivity index (χ0) is 12.3. The van der Waals surface area contributed by atoms with Gasteiger partial charge in [-0.05, 0) is 37.3 Å². The molecule has 0 aliphatic heterocycles. The first-order chi connectivity index (χ1) is 8.22. The molecular weight excluding hydrogens is 296 g/mol. The van der Waals surface area contributed by atoms with Gasteiger partial charge in [0.15, 0.2) is 0 Å². The molecule has 1 aliphatic carbocycles. The van der Waals surface area contributed by atoms with Crippen LogP contribution in [0.5, 0.6) is 0 Å². The highest BCUT2D eigenvalue weighted by atomic mass is 79.9. The average Bonchev–Trinajstić information content (AvgIpc) is 2.75. The topological polar surface area (TPSA) is 35.8 Å². The van der Waals surface area contributed by atoms with Crippen LogP contribution in [0.3, 0.4) is 0 Å². The molecular formula is C13H15BrN2S. The molecule has 1 aromatic carbocycles. The Balaban J connectivity index is 2.13. The molecule has 0 aromatic heterocycles. The molecule has 0 bridgehead atoms. The lowest BCUT2D eigenvalue weighted by molar-refractivity contribution is 0.768. The number of thioether (sulfide) groups is 1. The van der Waals surface area contributed by atoms with Gasteiger partial charge in [-0.3, -0.25) is 0 Å². The third-order valence-electron chi connectivity index (χ3n) is 3.13. The molecule has 1 N–H and O–H groups in total. The summed E-state index contributed by atoms with van der Waals surface area (Å²) >= 11 is 5.37. The number of halogens is 1. The Bertz CT molecular complexity index is 442. The summed E-state index contributed by atoms with van der Waals surface area (Å²) in [6.07, 6.45) is 5.98. The van der Waals surface area contributed by atoms with Crippen molar-refractivity contribution in [2.75, 3.05) is 11.6 Å². The van der Waals surface area contributed by atoms with E-state index in [0.29, 0.717) is 16.9 Å². The fourth-order valence-electron chi connectivity index (χ4n) is 2.32. The normalized spacial score (nSPS) is 23.4. The lowest BCUT2D eigenvalue weighted by Crippen LogP contribution is -2.25. The Labute approximate surface area is 115 Å². The number of hydrogen-bond donors (Lipinski definition) is 1. The predicted molar refractivity (Wildman–Crippen MR) is 77.4 cm³/mol. The van der Waals surface area contributed by atoms with Gasteiger partial charge in [0.25, 0.3) is 0 Å². The Morgan fingerprint density at radius 1 is 1.41 bits per heavy atom. The van der Waals surface area contributed by atoms with Gasteiger partial charge in [-0.2, -0.15) is 17.0 Å². The molecule has 90 valence electrons. The van der Waals surface area contributed by atoms with Gasteiger partial charge in [-0.15, -0.1) is 0 Å². The summed E-state index contributed by atoms with van der Waals surface area (Å²) < 4.78 is 0.956. The van der Waals surface area contributed by atoms with Gasteiger partial charge in [0.2, 0.25) is 0 Å². The second kappa shape index (κ2) is 5.79.